The summed E-state index contributed by atoms with van der Waals surface area (Å²) in [6.45, 7) is 0. The van der Waals surface area contributed by atoms with E-state index in [0.717, 1.165) is 11.8 Å². The third kappa shape index (κ3) is 2.85. The van der Waals surface area contributed by atoms with E-state index in [9.17, 15) is 4.79 Å². The van der Waals surface area contributed by atoms with Gasteiger partial charge in [0.15, 0.2) is 6.29 Å². The summed E-state index contributed by atoms with van der Waals surface area (Å²) in [6, 6.07) is 6.86. The molecule has 3 rings (SSSR count). The van der Waals surface area contributed by atoms with Gasteiger partial charge in [0, 0.05) is 22.2 Å². The minimum Gasteiger partial charge on any atom is -0.298 e. The third-order valence-corrected chi connectivity index (χ3v) is 4.50. The number of nitrogens with zero attached hydrogens (tertiary/aromatic N) is 2. The van der Waals surface area contributed by atoms with Crippen molar-refractivity contribution in [1.82, 2.24) is 9.78 Å². The van der Waals surface area contributed by atoms with Gasteiger partial charge in [0.25, 0.3) is 0 Å². The topological polar surface area (TPSA) is 34.9 Å². The van der Waals surface area contributed by atoms with Crippen LogP contribution in [0.1, 0.15) is 10.4 Å². The molecule has 7 heteroatoms. The quantitative estimate of drug-likeness (QED) is 0.590. The lowest BCUT2D eigenvalue weighted by Crippen LogP contribution is -1.95. The highest BCUT2D eigenvalue weighted by Crippen LogP contribution is 2.31. The van der Waals surface area contributed by atoms with Gasteiger partial charge in [-0.1, -0.05) is 34.8 Å². The second-order valence-electron chi connectivity index (χ2n) is 4.23. The standard InChI is InChI=1S/C14H7Cl3N2OS/c15-10-1-2-12(11(16)4-10)19-5-9(6-20)14(18-19)8-3-13(17)21-7-8/h1-7H. The molecule has 1 aromatic carbocycles. The number of aromatic nitrogens is 2. The largest absolute Gasteiger partial charge is 0.298 e. The Morgan fingerprint density at radius 3 is 2.62 bits per heavy atom. The lowest BCUT2D eigenvalue weighted by molar-refractivity contribution is 0.112. The van der Waals surface area contributed by atoms with Gasteiger partial charge in [0.1, 0.15) is 5.69 Å². The summed E-state index contributed by atoms with van der Waals surface area (Å²) in [5.74, 6) is 0. The number of hydrogen-bond donors (Lipinski definition) is 0. The maximum absolute atomic E-state index is 11.3. The van der Waals surface area contributed by atoms with Gasteiger partial charge in [0.05, 0.1) is 20.6 Å². The number of rotatable bonds is 3. The first-order valence-electron chi connectivity index (χ1n) is 5.83. The average molecular weight is 358 g/mol. The zero-order valence-electron chi connectivity index (χ0n) is 10.4. The van der Waals surface area contributed by atoms with Gasteiger partial charge >= 0.3 is 0 Å². The fourth-order valence-corrected chi connectivity index (χ4v) is 3.28. The van der Waals surface area contributed by atoms with Crippen molar-refractivity contribution in [1.29, 1.82) is 0 Å². The summed E-state index contributed by atoms with van der Waals surface area (Å²) >= 11 is 19.4. The van der Waals surface area contributed by atoms with E-state index in [1.807, 2.05) is 5.38 Å². The highest BCUT2D eigenvalue weighted by atomic mass is 35.5. The van der Waals surface area contributed by atoms with Crippen LogP contribution in [0.5, 0.6) is 0 Å². The molecule has 0 atom stereocenters. The molecule has 0 saturated heterocycles. The van der Waals surface area contributed by atoms with Crippen LogP contribution in [-0.2, 0) is 0 Å². The Morgan fingerprint density at radius 1 is 1.19 bits per heavy atom. The SMILES string of the molecule is O=Cc1cn(-c2ccc(Cl)cc2Cl)nc1-c1csc(Cl)c1. The van der Waals surface area contributed by atoms with Crippen molar-refractivity contribution in [3.05, 3.63) is 55.8 Å². The molecule has 2 aromatic heterocycles. The molecule has 0 amide bonds. The molecule has 0 spiro atoms. The molecule has 0 unspecified atom stereocenters. The van der Waals surface area contributed by atoms with Crippen LogP contribution in [0.25, 0.3) is 16.9 Å². The van der Waals surface area contributed by atoms with Crippen LogP contribution < -0.4 is 0 Å². The molecule has 0 aliphatic heterocycles. The van der Waals surface area contributed by atoms with Crippen molar-refractivity contribution in [2.45, 2.75) is 0 Å². The van der Waals surface area contributed by atoms with Crippen LogP contribution in [0, 0.1) is 0 Å². The van der Waals surface area contributed by atoms with E-state index in [2.05, 4.69) is 5.10 Å². The van der Waals surface area contributed by atoms with Gasteiger partial charge in [-0.2, -0.15) is 5.10 Å². The molecule has 0 radical (unpaired) electrons. The van der Waals surface area contributed by atoms with Crippen LogP contribution in [0.3, 0.4) is 0 Å². The summed E-state index contributed by atoms with van der Waals surface area (Å²) in [7, 11) is 0. The maximum atomic E-state index is 11.3. The Balaban J connectivity index is 2.13. The van der Waals surface area contributed by atoms with Crippen LogP contribution >= 0.6 is 46.1 Å². The van der Waals surface area contributed by atoms with Crippen LogP contribution in [-0.4, -0.2) is 16.1 Å². The van der Waals surface area contributed by atoms with Crippen LogP contribution in [0.4, 0.5) is 0 Å². The summed E-state index contributed by atoms with van der Waals surface area (Å²) in [6.07, 6.45) is 2.39. The second kappa shape index (κ2) is 5.81. The predicted molar refractivity (Wildman–Crippen MR) is 87.3 cm³/mol. The Labute approximate surface area is 139 Å². The second-order valence-corrected chi connectivity index (χ2v) is 6.62. The van der Waals surface area contributed by atoms with Gasteiger partial charge < -0.3 is 0 Å². The van der Waals surface area contributed by atoms with Crippen LogP contribution in [0.2, 0.25) is 14.4 Å². The number of carbonyl (C=O) groups excluding carboxylic acids is 1. The maximum Gasteiger partial charge on any atom is 0.153 e. The molecule has 106 valence electrons. The van der Waals surface area contributed by atoms with Gasteiger partial charge in [0.2, 0.25) is 0 Å². The molecule has 0 bridgehead atoms. The molecular weight excluding hydrogens is 351 g/mol. The lowest BCUT2D eigenvalue weighted by Gasteiger charge is -2.04. The van der Waals surface area contributed by atoms with Crippen molar-refractivity contribution >= 4 is 52.4 Å². The molecule has 0 aliphatic carbocycles. The molecule has 0 N–H and O–H groups in total. The van der Waals surface area contributed by atoms with Gasteiger partial charge in [-0.05, 0) is 24.3 Å². The summed E-state index contributed by atoms with van der Waals surface area (Å²) in [4.78, 5) is 11.3. The van der Waals surface area contributed by atoms with E-state index in [1.165, 1.54) is 11.3 Å². The highest BCUT2D eigenvalue weighted by molar-refractivity contribution is 7.14. The Morgan fingerprint density at radius 2 is 2.00 bits per heavy atom. The lowest BCUT2D eigenvalue weighted by atomic mass is 10.2. The number of aldehydes is 1. The smallest absolute Gasteiger partial charge is 0.153 e. The van der Waals surface area contributed by atoms with Gasteiger partial charge in [-0.25, -0.2) is 4.68 Å². The molecule has 3 aromatic rings. The third-order valence-electron chi connectivity index (χ3n) is 2.87. The fraction of sp³-hybridized carbons (Fsp3) is 0. The minimum atomic E-state index is 0.456. The van der Waals surface area contributed by atoms with Crippen LogP contribution in [0.15, 0.2) is 35.8 Å². The number of hydrogen-bond acceptors (Lipinski definition) is 3. The van der Waals surface area contributed by atoms with Gasteiger partial charge in [-0.15, -0.1) is 11.3 Å². The summed E-state index contributed by atoms with van der Waals surface area (Å²) in [5, 5.41) is 7.28. The average Bonchev–Trinajstić information content (AvgIpc) is 3.04. The molecular formula is C14H7Cl3N2OS. The van der Waals surface area contributed by atoms with E-state index in [0.29, 0.717) is 31.3 Å². The normalized spacial score (nSPS) is 10.8. The van der Waals surface area contributed by atoms with Crippen molar-refractivity contribution in [3.63, 3.8) is 0 Å². The Kier molecular flexibility index (Phi) is 4.04. The first-order valence-corrected chi connectivity index (χ1v) is 7.84. The molecule has 2 heterocycles. The van der Waals surface area contributed by atoms with Crippen molar-refractivity contribution in [2.75, 3.05) is 0 Å². The van der Waals surface area contributed by atoms with E-state index in [-0.39, 0.29) is 0 Å². The fourth-order valence-electron chi connectivity index (χ4n) is 1.92. The first-order chi connectivity index (χ1) is 10.1. The van der Waals surface area contributed by atoms with E-state index < -0.39 is 0 Å². The molecule has 3 nitrogen and oxygen atoms in total. The monoisotopic (exact) mass is 356 g/mol. The predicted octanol–water partition coefficient (Wildman–Crippen LogP) is 5.37. The molecule has 0 saturated carbocycles. The van der Waals surface area contributed by atoms with E-state index >= 15 is 0 Å². The van der Waals surface area contributed by atoms with Crippen molar-refractivity contribution in [2.24, 2.45) is 0 Å². The summed E-state index contributed by atoms with van der Waals surface area (Å²) < 4.78 is 2.20. The number of thiophene rings is 1. The van der Waals surface area contributed by atoms with Crippen molar-refractivity contribution < 1.29 is 4.79 Å². The zero-order valence-corrected chi connectivity index (χ0v) is 13.5. The minimum absolute atomic E-state index is 0.456. The molecule has 0 aliphatic rings. The van der Waals surface area contributed by atoms with Gasteiger partial charge in [-0.3, -0.25) is 4.79 Å². The number of carbonyl (C=O) groups is 1. The first kappa shape index (κ1) is 14.6. The highest BCUT2D eigenvalue weighted by Gasteiger charge is 2.14. The zero-order chi connectivity index (χ0) is 15.0. The van der Waals surface area contributed by atoms with E-state index in [1.54, 1.807) is 35.1 Å². The van der Waals surface area contributed by atoms with Crippen molar-refractivity contribution in [3.8, 4) is 16.9 Å². The molecule has 0 fully saturated rings. The number of benzene rings is 1. The number of halogens is 3. The van der Waals surface area contributed by atoms with E-state index in [4.69, 9.17) is 34.8 Å². The molecule has 21 heavy (non-hydrogen) atoms. The Hall–Kier alpha value is -1.33. The summed E-state index contributed by atoms with van der Waals surface area (Å²) in [5.41, 5.74) is 2.49. The Bertz CT molecular complexity index is 825.